The molecule has 0 aliphatic heterocycles. The van der Waals surface area contributed by atoms with E-state index in [1.54, 1.807) is 30.5 Å². The second-order valence-corrected chi connectivity index (χ2v) is 8.98. The van der Waals surface area contributed by atoms with Crippen molar-refractivity contribution in [2.24, 2.45) is 0 Å². The number of H-pyrrole nitrogens is 1. The van der Waals surface area contributed by atoms with E-state index in [1.807, 2.05) is 6.07 Å². The minimum Gasteiger partial charge on any atom is -0.445 e. The van der Waals surface area contributed by atoms with Crippen LogP contribution in [0.2, 0.25) is 0 Å². The van der Waals surface area contributed by atoms with Gasteiger partial charge in [-0.25, -0.2) is 9.78 Å². The van der Waals surface area contributed by atoms with Crippen molar-refractivity contribution >= 4 is 25.5 Å². The van der Waals surface area contributed by atoms with E-state index in [0.29, 0.717) is 5.69 Å². The maximum Gasteiger partial charge on any atom is 0.408 e. The molecule has 0 unspecified atom stereocenters. The number of hydrogen-bond donors (Lipinski definition) is 6. The van der Waals surface area contributed by atoms with Gasteiger partial charge < -0.3 is 35.5 Å². The van der Waals surface area contributed by atoms with Crippen LogP contribution in [0, 0.1) is 0 Å². The summed E-state index contributed by atoms with van der Waals surface area (Å²) in [6.07, 6.45) is 2.15. The standard InChI is InChI=1S/C19H26N5O7P/c1-12(17(25)23-13(2)32(28,29)30)22-18(26)16(8-15-9-20-11-21-15)24-19(27)31-10-14-6-4-3-5-7-14/h3-7,9,11-13,16H,8,10H2,1-2H3,(H,20,21)(H,22,26)(H,23,25)(H,24,27)(H2,28,29,30)/t12-,13+,16-/m0/s1. The van der Waals surface area contributed by atoms with E-state index in [9.17, 15) is 18.9 Å². The van der Waals surface area contributed by atoms with Crippen LogP contribution in [0.5, 0.6) is 0 Å². The van der Waals surface area contributed by atoms with Crippen molar-refractivity contribution in [1.29, 1.82) is 0 Å². The molecule has 3 atom stereocenters. The molecule has 6 N–H and O–H groups in total. The van der Waals surface area contributed by atoms with E-state index in [4.69, 9.17) is 14.5 Å². The Kier molecular flexibility index (Phi) is 8.94. The molecule has 174 valence electrons. The predicted molar refractivity (Wildman–Crippen MR) is 113 cm³/mol. The lowest BCUT2D eigenvalue weighted by Crippen LogP contribution is -2.54. The smallest absolute Gasteiger partial charge is 0.408 e. The lowest BCUT2D eigenvalue weighted by Gasteiger charge is -2.22. The SMILES string of the molecule is C[C@H](NC(=O)[C@H](Cc1c[nH]cn1)NC(=O)OCc1ccccc1)C(=O)N[C@@H](C)P(=O)(O)O. The lowest BCUT2D eigenvalue weighted by atomic mass is 10.1. The summed E-state index contributed by atoms with van der Waals surface area (Å²) in [5, 5.41) is 7.01. The number of hydrogen-bond acceptors (Lipinski definition) is 6. The third-order valence-corrected chi connectivity index (χ3v) is 5.54. The summed E-state index contributed by atoms with van der Waals surface area (Å²) in [5.74, 6) is -2.91. The molecule has 0 spiro atoms. The van der Waals surface area contributed by atoms with E-state index >= 15 is 0 Å². The molecule has 0 aliphatic carbocycles. The van der Waals surface area contributed by atoms with Crippen molar-refractivity contribution in [3.8, 4) is 0 Å². The van der Waals surface area contributed by atoms with E-state index < -0.39 is 43.4 Å². The van der Waals surface area contributed by atoms with Gasteiger partial charge in [-0.05, 0) is 19.4 Å². The van der Waals surface area contributed by atoms with E-state index in [0.717, 1.165) is 12.5 Å². The number of carbonyl (C=O) groups excluding carboxylic acids is 3. The van der Waals surface area contributed by atoms with Crippen LogP contribution < -0.4 is 16.0 Å². The van der Waals surface area contributed by atoms with E-state index in [-0.39, 0.29) is 13.0 Å². The molecule has 12 nitrogen and oxygen atoms in total. The summed E-state index contributed by atoms with van der Waals surface area (Å²) in [6, 6.07) is 6.73. The van der Waals surface area contributed by atoms with Gasteiger partial charge in [0, 0.05) is 12.6 Å². The number of benzene rings is 1. The zero-order valence-corrected chi connectivity index (χ0v) is 18.4. The third kappa shape index (κ3) is 8.14. The quantitative estimate of drug-likeness (QED) is 0.271. The van der Waals surface area contributed by atoms with Crippen molar-refractivity contribution in [2.75, 3.05) is 0 Å². The number of aromatic nitrogens is 2. The third-order valence-electron chi connectivity index (χ3n) is 4.40. The Balaban J connectivity index is 1.98. The van der Waals surface area contributed by atoms with Crippen LogP contribution in [0.25, 0.3) is 0 Å². The first-order chi connectivity index (χ1) is 15.1. The van der Waals surface area contributed by atoms with Crippen molar-refractivity contribution in [1.82, 2.24) is 25.9 Å². The van der Waals surface area contributed by atoms with Crippen molar-refractivity contribution in [3.63, 3.8) is 0 Å². The molecule has 0 saturated heterocycles. The number of carbonyl (C=O) groups is 3. The highest BCUT2D eigenvalue weighted by atomic mass is 31.2. The molecular formula is C19H26N5O7P. The number of alkyl carbamates (subject to hydrolysis) is 1. The lowest BCUT2D eigenvalue weighted by molar-refractivity contribution is -0.129. The zero-order valence-electron chi connectivity index (χ0n) is 17.5. The van der Waals surface area contributed by atoms with Crippen molar-refractivity contribution in [2.45, 2.75) is 44.7 Å². The Morgan fingerprint density at radius 3 is 2.38 bits per heavy atom. The molecule has 0 fully saturated rings. The Labute approximate surface area is 184 Å². The molecule has 2 aromatic rings. The average Bonchev–Trinajstić information content (AvgIpc) is 3.24. The van der Waals surface area contributed by atoms with Crippen LogP contribution >= 0.6 is 7.60 Å². The molecule has 2 rings (SSSR count). The highest BCUT2D eigenvalue weighted by Crippen LogP contribution is 2.39. The normalized spacial score (nSPS) is 14.0. The van der Waals surface area contributed by atoms with Crippen LogP contribution in [-0.2, 0) is 31.9 Å². The van der Waals surface area contributed by atoms with Gasteiger partial charge in [-0.15, -0.1) is 0 Å². The number of nitrogens with one attached hydrogen (secondary N) is 4. The maximum absolute atomic E-state index is 12.7. The molecule has 0 radical (unpaired) electrons. The Morgan fingerprint density at radius 1 is 1.09 bits per heavy atom. The fraction of sp³-hybridized carbons (Fsp3) is 0.368. The van der Waals surface area contributed by atoms with Gasteiger partial charge in [0.2, 0.25) is 11.8 Å². The van der Waals surface area contributed by atoms with Crippen LogP contribution in [0.15, 0.2) is 42.9 Å². The van der Waals surface area contributed by atoms with Gasteiger partial charge in [-0.2, -0.15) is 0 Å². The van der Waals surface area contributed by atoms with Crippen molar-refractivity contribution < 1.29 is 33.5 Å². The first-order valence-electron chi connectivity index (χ1n) is 9.67. The number of imidazole rings is 1. The summed E-state index contributed by atoms with van der Waals surface area (Å²) in [7, 11) is -4.52. The monoisotopic (exact) mass is 467 g/mol. The van der Waals surface area contributed by atoms with Gasteiger partial charge in [0.05, 0.1) is 12.0 Å². The second-order valence-electron chi connectivity index (χ2n) is 7.03. The molecule has 0 bridgehead atoms. The summed E-state index contributed by atoms with van der Waals surface area (Å²) >= 11 is 0. The minimum atomic E-state index is -4.52. The molecule has 0 aliphatic rings. The molecule has 1 aromatic carbocycles. The Hall–Kier alpha value is -3.21. The Bertz CT molecular complexity index is 948. The average molecular weight is 467 g/mol. The van der Waals surface area contributed by atoms with Crippen LogP contribution in [0.4, 0.5) is 4.79 Å². The molecule has 1 aromatic heterocycles. The van der Waals surface area contributed by atoms with Gasteiger partial charge in [-0.1, -0.05) is 30.3 Å². The highest BCUT2D eigenvalue weighted by molar-refractivity contribution is 7.52. The van der Waals surface area contributed by atoms with Crippen LogP contribution in [-0.4, -0.2) is 55.5 Å². The molecule has 32 heavy (non-hydrogen) atoms. The van der Waals surface area contributed by atoms with Gasteiger partial charge in [0.15, 0.2) is 0 Å². The Morgan fingerprint density at radius 2 is 1.78 bits per heavy atom. The molecule has 1 heterocycles. The fourth-order valence-electron chi connectivity index (χ4n) is 2.52. The first-order valence-corrected chi connectivity index (χ1v) is 11.3. The van der Waals surface area contributed by atoms with Gasteiger partial charge in [-0.3, -0.25) is 14.2 Å². The van der Waals surface area contributed by atoms with Gasteiger partial charge >= 0.3 is 13.7 Å². The molecule has 3 amide bonds. The predicted octanol–water partition coefficient (Wildman–Crippen LogP) is 0.392. The first kappa shape index (κ1) is 25.1. The van der Waals surface area contributed by atoms with E-state index in [2.05, 4.69) is 25.9 Å². The summed E-state index contributed by atoms with van der Waals surface area (Å²) < 4.78 is 16.4. The van der Waals surface area contributed by atoms with Crippen molar-refractivity contribution in [3.05, 3.63) is 54.1 Å². The summed E-state index contributed by atoms with van der Waals surface area (Å²) in [6.45, 7) is 2.50. The summed E-state index contributed by atoms with van der Waals surface area (Å²) in [4.78, 5) is 62.1. The number of ether oxygens (including phenoxy) is 1. The number of amides is 3. The number of aromatic amines is 1. The highest BCUT2D eigenvalue weighted by Gasteiger charge is 2.30. The molecular weight excluding hydrogens is 441 g/mol. The topological polar surface area (TPSA) is 183 Å². The fourth-order valence-corrected chi connectivity index (χ4v) is 2.82. The zero-order chi connectivity index (χ0) is 23.7. The van der Waals surface area contributed by atoms with Gasteiger partial charge in [0.25, 0.3) is 0 Å². The van der Waals surface area contributed by atoms with Crippen LogP contribution in [0.1, 0.15) is 25.1 Å². The van der Waals surface area contributed by atoms with E-state index in [1.165, 1.54) is 13.3 Å². The van der Waals surface area contributed by atoms with Crippen LogP contribution in [0.3, 0.4) is 0 Å². The molecule has 0 saturated carbocycles. The minimum absolute atomic E-state index is 0.00247. The largest absolute Gasteiger partial charge is 0.445 e. The summed E-state index contributed by atoms with van der Waals surface area (Å²) in [5.41, 5.74) is 1.25. The maximum atomic E-state index is 12.7. The number of nitrogens with zero attached hydrogens (tertiary/aromatic N) is 1. The van der Waals surface area contributed by atoms with Gasteiger partial charge in [0.1, 0.15) is 24.5 Å². The molecule has 13 heteroatoms. The second kappa shape index (κ2) is 11.4. The number of rotatable bonds is 10.